The molecule has 39 heavy (non-hydrogen) atoms. The molecule has 6 heteroatoms. The molecule has 0 aliphatic rings. The van der Waals surface area contributed by atoms with E-state index < -0.39 is 0 Å². The Kier molecular flexibility index (Phi) is 5.80. The van der Waals surface area contributed by atoms with E-state index >= 15 is 0 Å². The maximum Gasteiger partial charge on any atom is 0.135 e. The Labute approximate surface area is 224 Å². The lowest BCUT2D eigenvalue weighted by atomic mass is 9.89. The van der Waals surface area contributed by atoms with Gasteiger partial charge in [0.25, 0.3) is 0 Å². The average molecular weight is 519 g/mol. The van der Waals surface area contributed by atoms with Gasteiger partial charge < -0.3 is 29.5 Å². The van der Waals surface area contributed by atoms with E-state index in [1.54, 1.807) is 44.6 Å². The lowest BCUT2D eigenvalue weighted by Gasteiger charge is -2.19. The molecule has 0 heterocycles. The van der Waals surface area contributed by atoms with Crippen LogP contribution in [0.2, 0.25) is 0 Å². The molecule has 6 nitrogen and oxygen atoms in total. The first kappa shape index (κ1) is 24.2. The summed E-state index contributed by atoms with van der Waals surface area (Å²) in [4.78, 5) is 0. The normalized spacial score (nSPS) is 11.3. The summed E-state index contributed by atoms with van der Waals surface area (Å²) in [6.07, 6.45) is 0. The van der Waals surface area contributed by atoms with Crippen molar-refractivity contribution in [1.82, 2.24) is 0 Å². The molecular formula is C33H26O6. The predicted molar refractivity (Wildman–Crippen MR) is 154 cm³/mol. The number of hydrogen-bond acceptors (Lipinski definition) is 6. The van der Waals surface area contributed by atoms with Crippen LogP contribution in [0.15, 0.2) is 84.9 Å². The Morgan fingerprint density at radius 3 is 1.38 bits per heavy atom. The quantitative estimate of drug-likeness (QED) is 0.218. The summed E-state index contributed by atoms with van der Waals surface area (Å²) in [5, 5.41) is 38.6. The molecule has 0 unspecified atom stereocenters. The number of rotatable bonds is 5. The fraction of sp³-hybridized carbons (Fsp3) is 0.0909. The van der Waals surface area contributed by atoms with Crippen molar-refractivity contribution in [3.8, 4) is 56.8 Å². The first-order chi connectivity index (χ1) is 19.0. The molecule has 6 rings (SSSR count). The zero-order chi connectivity index (χ0) is 27.3. The van der Waals surface area contributed by atoms with Gasteiger partial charge >= 0.3 is 0 Å². The van der Waals surface area contributed by atoms with Crippen molar-refractivity contribution in [1.29, 1.82) is 0 Å². The second kappa shape index (κ2) is 9.33. The summed E-state index contributed by atoms with van der Waals surface area (Å²) in [5.41, 5.74) is 1.99. The van der Waals surface area contributed by atoms with Crippen molar-refractivity contribution < 1.29 is 29.5 Å². The Morgan fingerprint density at radius 2 is 0.872 bits per heavy atom. The number of ether oxygens (including phenoxy) is 3. The maximum atomic E-state index is 11.6. The van der Waals surface area contributed by atoms with E-state index in [1.165, 1.54) is 7.11 Å². The zero-order valence-corrected chi connectivity index (χ0v) is 21.6. The second-order valence-electron chi connectivity index (χ2n) is 9.24. The number of fused-ring (bicyclic) bond motifs is 3. The smallest absolute Gasteiger partial charge is 0.135 e. The van der Waals surface area contributed by atoms with Crippen LogP contribution < -0.4 is 14.2 Å². The molecule has 194 valence electrons. The van der Waals surface area contributed by atoms with Gasteiger partial charge in [-0.25, -0.2) is 0 Å². The molecule has 0 fully saturated rings. The number of benzene rings is 6. The van der Waals surface area contributed by atoms with Crippen LogP contribution in [-0.2, 0) is 0 Å². The fourth-order valence-electron chi connectivity index (χ4n) is 5.45. The van der Waals surface area contributed by atoms with Crippen molar-refractivity contribution >= 4 is 32.3 Å². The highest BCUT2D eigenvalue weighted by atomic mass is 16.5. The van der Waals surface area contributed by atoms with Gasteiger partial charge in [-0.1, -0.05) is 48.5 Å². The highest BCUT2D eigenvalue weighted by Gasteiger charge is 2.23. The van der Waals surface area contributed by atoms with Crippen LogP contribution in [0.3, 0.4) is 0 Å². The minimum atomic E-state index is -0.0476. The van der Waals surface area contributed by atoms with Crippen LogP contribution in [0.25, 0.3) is 54.6 Å². The van der Waals surface area contributed by atoms with Gasteiger partial charge in [-0.2, -0.15) is 0 Å². The van der Waals surface area contributed by atoms with E-state index in [4.69, 9.17) is 14.2 Å². The van der Waals surface area contributed by atoms with E-state index in [2.05, 4.69) is 0 Å². The Bertz CT molecular complexity index is 1910. The standard InChI is InChI=1S/C33H26O6/c1-37-25-10-4-7-18-13-15-21(31(34)28(18)25)23-17-24(33(36)30-20(23)9-6-12-27(30)39-3)22-16-14-19-8-5-11-26(38-2)29(19)32(22)35/h4-17,34-36H,1-3H3. The van der Waals surface area contributed by atoms with Gasteiger partial charge in [-0.3, -0.25) is 0 Å². The third-order valence-electron chi connectivity index (χ3n) is 7.30. The molecule has 0 atom stereocenters. The molecule has 0 amide bonds. The molecule has 6 aromatic carbocycles. The average Bonchev–Trinajstić information content (AvgIpc) is 2.97. The Hall–Kier alpha value is -5.10. The first-order valence-electron chi connectivity index (χ1n) is 12.4. The van der Waals surface area contributed by atoms with Crippen molar-refractivity contribution in [3.05, 3.63) is 84.9 Å². The van der Waals surface area contributed by atoms with Gasteiger partial charge in [0.2, 0.25) is 0 Å². The molecule has 0 aliphatic heterocycles. The molecule has 0 aromatic heterocycles. The van der Waals surface area contributed by atoms with Crippen molar-refractivity contribution in [2.24, 2.45) is 0 Å². The summed E-state index contributed by atoms with van der Waals surface area (Å²) < 4.78 is 16.7. The van der Waals surface area contributed by atoms with E-state index in [9.17, 15) is 15.3 Å². The third kappa shape index (κ3) is 3.64. The van der Waals surface area contributed by atoms with Crippen molar-refractivity contribution in [3.63, 3.8) is 0 Å². The van der Waals surface area contributed by atoms with Gasteiger partial charge in [0.05, 0.1) is 37.5 Å². The number of phenolic OH excluding ortho intramolecular Hbond substituents is 3. The molecule has 0 aliphatic carbocycles. The molecule has 0 bridgehead atoms. The summed E-state index contributed by atoms with van der Waals surface area (Å²) in [6, 6.07) is 25.7. The van der Waals surface area contributed by atoms with E-state index in [0.29, 0.717) is 61.0 Å². The number of methoxy groups -OCH3 is 3. The minimum absolute atomic E-state index is 0.0233. The van der Waals surface area contributed by atoms with Crippen LogP contribution in [0, 0.1) is 0 Å². The van der Waals surface area contributed by atoms with E-state index in [0.717, 1.165) is 10.8 Å². The summed E-state index contributed by atoms with van der Waals surface area (Å²) in [7, 11) is 4.65. The predicted octanol–water partition coefficient (Wildman–Crippen LogP) is 7.62. The maximum absolute atomic E-state index is 11.6. The van der Waals surface area contributed by atoms with Crippen LogP contribution >= 0.6 is 0 Å². The SMILES string of the molecule is COc1cccc2ccc(-c3cc(-c4ccc5cccc(OC)c5c4O)c4cccc(OC)c4c3O)c(O)c12. The van der Waals surface area contributed by atoms with E-state index in [1.807, 2.05) is 54.6 Å². The highest BCUT2D eigenvalue weighted by Crippen LogP contribution is 2.51. The molecule has 6 aromatic rings. The largest absolute Gasteiger partial charge is 0.507 e. The van der Waals surface area contributed by atoms with Crippen LogP contribution in [0.5, 0.6) is 34.5 Å². The first-order valence-corrected chi connectivity index (χ1v) is 12.4. The van der Waals surface area contributed by atoms with Crippen LogP contribution in [0.4, 0.5) is 0 Å². The number of phenols is 3. The highest BCUT2D eigenvalue weighted by molar-refractivity contribution is 6.11. The Balaban J connectivity index is 1.74. The van der Waals surface area contributed by atoms with Crippen LogP contribution in [0.1, 0.15) is 0 Å². The number of hydrogen-bond donors (Lipinski definition) is 3. The van der Waals surface area contributed by atoms with Gasteiger partial charge in [0.15, 0.2) is 0 Å². The fourth-order valence-corrected chi connectivity index (χ4v) is 5.45. The van der Waals surface area contributed by atoms with Gasteiger partial charge in [0, 0.05) is 16.7 Å². The monoisotopic (exact) mass is 518 g/mol. The topological polar surface area (TPSA) is 88.4 Å². The zero-order valence-electron chi connectivity index (χ0n) is 21.6. The second-order valence-corrected chi connectivity index (χ2v) is 9.24. The molecule has 3 N–H and O–H groups in total. The molecular weight excluding hydrogens is 492 g/mol. The molecule has 0 saturated carbocycles. The molecule has 0 radical (unpaired) electrons. The van der Waals surface area contributed by atoms with Crippen molar-refractivity contribution in [2.75, 3.05) is 21.3 Å². The van der Waals surface area contributed by atoms with Gasteiger partial charge in [-0.15, -0.1) is 0 Å². The third-order valence-corrected chi connectivity index (χ3v) is 7.30. The minimum Gasteiger partial charge on any atom is -0.507 e. The molecule has 0 saturated heterocycles. The van der Waals surface area contributed by atoms with E-state index in [-0.39, 0.29) is 17.2 Å². The summed E-state index contributed by atoms with van der Waals surface area (Å²) in [5.74, 6) is 1.51. The van der Waals surface area contributed by atoms with Gasteiger partial charge in [0.1, 0.15) is 34.5 Å². The summed E-state index contributed by atoms with van der Waals surface area (Å²) >= 11 is 0. The Morgan fingerprint density at radius 1 is 0.436 bits per heavy atom. The number of aromatic hydroxyl groups is 3. The lowest BCUT2D eigenvalue weighted by molar-refractivity contribution is 0.415. The van der Waals surface area contributed by atoms with Crippen LogP contribution in [-0.4, -0.2) is 36.6 Å². The van der Waals surface area contributed by atoms with Crippen molar-refractivity contribution in [2.45, 2.75) is 0 Å². The molecule has 0 spiro atoms. The lowest BCUT2D eigenvalue weighted by Crippen LogP contribution is -1.93. The summed E-state index contributed by atoms with van der Waals surface area (Å²) in [6.45, 7) is 0. The van der Waals surface area contributed by atoms with Gasteiger partial charge in [-0.05, 0) is 58.1 Å².